The second-order valence-electron chi connectivity index (χ2n) is 7.07. The van der Waals surface area contributed by atoms with Gasteiger partial charge in [-0.1, -0.05) is 12.1 Å². The summed E-state index contributed by atoms with van der Waals surface area (Å²) in [6, 6.07) is 13.2. The molecular formula is C22H22NO6PS. The number of anilines is 1. The van der Waals surface area contributed by atoms with Crippen LogP contribution in [0, 0.1) is 0 Å². The van der Waals surface area contributed by atoms with Gasteiger partial charge in [0, 0.05) is 10.3 Å². The molecule has 3 aromatic rings. The Bertz CT molecular complexity index is 1140. The molecule has 0 aliphatic carbocycles. The molecule has 2 aromatic carbocycles. The number of carbonyl (C=O) groups excluding carboxylic acids is 1. The van der Waals surface area contributed by atoms with E-state index in [0.717, 1.165) is 10.1 Å². The van der Waals surface area contributed by atoms with Crippen LogP contribution in [-0.2, 0) is 9.53 Å². The number of para-hydroxylation sites is 2. The first kappa shape index (κ1) is 22.7. The molecule has 3 rings (SSSR count). The lowest BCUT2D eigenvalue weighted by Crippen LogP contribution is -2.30. The van der Waals surface area contributed by atoms with E-state index in [9.17, 15) is 14.5 Å². The van der Waals surface area contributed by atoms with Gasteiger partial charge in [-0.2, -0.15) is 0 Å². The van der Waals surface area contributed by atoms with E-state index in [0.29, 0.717) is 17.0 Å². The largest absolute Gasteiger partial charge is 0.595 e. The van der Waals surface area contributed by atoms with Gasteiger partial charge in [0.15, 0.2) is 5.80 Å². The van der Waals surface area contributed by atoms with Crippen molar-refractivity contribution in [2.24, 2.45) is 0 Å². The van der Waals surface area contributed by atoms with E-state index in [-0.39, 0.29) is 11.0 Å². The van der Waals surface area contributed by atoms with Crippen LogP contribution in [0.15, 0.2) is 48.5 Å². The fraction of sp³-hybridized carbons (Fsp3) is 0.227. The van der Waals surface area contributed by atoms with Gasteiger partial charge in [-0.05, 0) is 62.6 Å². The zero-order valence-electron chi connectivity index (χ0n) is 17.2. The Balaban J connectivity index is 1.76. The summed E-state index contributed by atoms with van der Waals surface area (Å²) in [5.41, 5.74) is 1.18. The molecule has 9 heteroatoms. The van der Waals surface area contributed by atoms with Crippen molar-refractivity contribution in [3.63, 3.8) is 0 Å². The van der Waals surface area contributed by atoms with Gasteiger partial charge in [0.2, 0.25) is 5.75 Å². The van der Waals surface area contributed by atoms with E-state index in [1.807, 2.05) is 0 Å². The van der Waals surface area contributed by atoms with Gasteiger partial charge in [-0.25, -0.2) is 9.59 Å². The van der Waals surface area contributed by atoms with E-state index in [1.54, 1.807) is 69.3 Å². The molecule has 162 valence electrons. The second kappa shape index (κ2) is 9.92. The number of carbonyl (C=O) groups is 2. The van der Waals surface area contributed by atoms with Crippen LogP contribution in [0.5, 0.6) is 5.75 Å². The second-order valence-corrected chi connectivity index (χ2v) is 9.16. The number of nitrogens with one attached hydrogen (secondary N) is 1. The van der Waals surface area contributed by atoms with Crippen LogP contribution in [-0.4, -0.2) is 35.0 Å². The molecule has 0 fully saturated rings. The first-order valence-corrected chi connectivity index (χ1v) is 11.6. The lowest BCUT2D eigenvalue weighted by molar-refractivity contribution is -0.165. The number of benzene rings is 2. The zero-order valence-corrected chi connectivity index (χ0v) is 18.9. The minimum absolute atomic E-state index is 0.223. The summed E-state index contributed by atoms with van der Waals surface area (Å²) in [5, 5.41) is 12.9. The first-order chi connectivity index (χ1) is 14.7. The van der Waals surface area contributed by atoms with Crippen molar-refractivity contribution < 1.29 is 28.8 Å². The average Bonchev–Trinajstić information content (AvgIpc) is 3.12. The number of carboxylic acids is 1. The molecule has 0 radical (unpaired) electrons. The van der Waals surface area contributed by atoms with Crippen LogP contribution >= 0.6 is 19.3 Å². The summed E-state index contributed by atoms with van der Waals surface area (Å²) in [6.07, 6.45) is -0.223. The van der Waals surface area contributed by atoms with Crippen molar-refractivity contribution in [2.45, 2.75) is 32.9 Å². The van der Waals surface area contributed by atoms with E-state index >= 15 is 0 Å². The summed E-state index contributed by atoms with van der Waals surface area (Å²) in [5.74, 6) is 0.441. The van der Waals surface area contributed by atoms with Crippen LogP contribution < -0.4 is 14.7 Å². The Morgan fingerprint density at radius 1 is 1.16 bits per heavy atom. The highest BCUT2D eigenvalue weighted by Gasteiger charge is 2.18. The predicted octanol–water partition coefficient (Wildman–Crippen LogP) is 4.25. The van der Waals surface area contributed by atoms with Crippen LogP contribution in [0.25, 0.3) is 10.1 Å². The maximum Gasteiger partial charge on any atom is 0.345 e. The van der Waals surface area contributed by atoms with Crippen molar-refractivity contribution in [3.8, 4) is 5.75 Å². The van der Waals surface area contributed by atoms with Crippen LogP contribution in [0.3, 0.4) is 0 Å². The molecule has 0 bridgehead atoms. The Morgan fingerprint density at radius 2 is 1.90 bits per heavy atom. The third kappa shape index (κ3) is 6.04. The molecule has 31 heavy (non-hydrogen) atoms. The summed E-state index contributed by atoms with van der Waals surface area (Å²) in [4.78, 5) is 36.1. The normalized spacial score (nSPS) is 12.6. The molecule has 7 nitrogen and oxygen atoms in total. The quantitative estimate of drug-likeness (QED) is 0.383. The van der Waals surface area contributed by atoms with E-state index in [1.165, 1.54) is 17.1 Å². The molecule has 0 spiro atoms. The SMILES string of the molecule is CC(C)OC(=O)C(C)Nc1ccccc1O/[P+]([O-])=C/c1ccc2sc(C(=O)O)cc2c1. The summed E-state index contributed by atoms with van der Waals surface area (Å²) in [6.45, 7) is 5.23. The highest BCUT2D eigenvalue weighted by atomic mass is 32.1. The number of rotatable bonds is 8. The lowest BCUT2D eigenvalue weighted by atomic mass is 10.2. The zero-order chi connectivity index (χ0) is 22.5. The minimum Gasteiger partial charge on any atom is -0.595 e. The van der Waals surface area contributed by atoms with Crippen LogP contribution in [0.2, 0.25) is 0 Å². The third-order valence-corrected chi connectivity index (χ3v) is 6.15. The summed E-state index contributed by atoms with van der Waals surface area (Å²) in [7, 11) is -2.21. The van der Waals surface area contributed by atoms with Gasteiger partial charge < -0.3 is 20.1 Å². The van der Waals surface area contributed by atoms with Gasteiger partial charge in [0.25, 0.3) is 8.00 Å². The third-order valence-electron chi connectivity index (χ3n) is 4.16. The van der Waals surface area contributed by atoms with E-state index in [4.69, 9.17) is 14.4 Å². The van der Waals surface area contributed by atoms with Gasteiger partial charge in [0.1, 0.15) is 10.9 Å². The Morgan fingerprint density at radius 3 is 2.61 bits per heavy atom. The van der Waals surface area contributed by atoms with Crippen molar-refractivity contribution >= 4 is 52.8 Å². The maximum absolute atomic E-state index is 12.6. The highest BCUT2D eigenvalue weighted by molar-refractivity contribution is 7.45. The van der Waals surface area contributed by atoms with Crippen molar-refractivity contribution in [1.82, 2.24) is 0 Å². The lowest BCUT2D eigenvalue weighted by Gasteiger charge is -2.17. The molecule has 0 saturated carbocycles. The molecular weight excluding hydrogens is 437 g/mol. The number of hydrogen-bond donors (Lipinski definition) is 2. The molecule has 0 aliphatic heterocycles. The summed E-state index contributed by atoms with van der Waals surface area (Å²) < 4.78 is 11.6. The highest BCUT2D eigenvalue weighted by Crippen LogP contribution is 2.31. The Hall–Kier alpha value is -2.93. The first-order valence-electron chi connectivity index (χ1n) is 9.55. The molecule has 2 atom stereocenters. The fourth-order valence-corrected chi connectivity index (χ4v) is 4.48. The number of aromatic carboxylic acids is 1. The number of ether oxygens (including phenoxy) is 1. The van der Waals surface area contributed by atoms with Crippen molar-refractivity contribution in [3.05, 3.63) is 59.0 Å². The monoisotopic (exact) mass is 459 g/mol. The fourth-order valence-electron chi connectivity index (χ4n) is 2.78. The molecule has 1 aromatic heterocycles. The van der Waals surface area contributed by atoms with Crippen molar-refractivity contribution in [2.75, 3.05) is 5.32 Å². The molecule has 0 amide bonds. The van der Waals surface area contributed by atoms with Gasteiger partial charge in [-0.3, -0.25) is 4.52 Å². The number of carboxylic acid groups (broad SMARTS) is 1. The Labute approximate surface area is 184 Å². The van der Waals surface area contributed by atoms with Crippen LogP contribution in [0.4, 0.5) is 5.69 Å². The van der Waals surface area contributed by atoms with E-state index in [2.05, 4.69) is 5.32 Å². The molecule has 0 aliphatic rings. The molecule has 1 heterocycles. The molecule has 2 N–H and O–H groups in total. The summed E-state index contributed by atoms with van der Waals surface area (Å²) >= 11 is 1.19. The number of esters is 1. The minimum atomic E-state index is -2.21. The number of thiophene rings is 1. The van der Waals surface area contributed by atoms with Gasteiger partial charge in [0.05, 0.1) is 11.8 Å². The Kier molecular flexibility index (Phi) is 7.28. The molecule has 0 saturated heterocycles. The van der Waals surface area contributed by atoms with Crippen LogP contribution in [0.1, 0.15) is 36.0 Å². The van der Waals surface area contributed by atoms with Gasteiger partial charge in [-0.15, -0.1) is 11.3 Å². The standard InChI is InChI=1S/C22H22NO6PS/c1-13(2)28-22(26)14(3)23-17-6-4-5-7-18(17)29-30(27)12-15-8-9-19-16(10-15)11-20(31-19)21(24)25/h4-14,23H,1-3H3,(H,24,25). The smallest absolute Gasteiger partial charge is 0.345 e. The topological polar surface area (TPSA) is 108 Å². The number of hydrogen-bond acceptors (Lipinski definition) is 7. The van der Waals surface area contributed by atoms with Crippen molar-refractivity contribution in [1.29, 1.82) is 0 Å². The van der Waals surface area contributed by atoms with E-state index < -0.39 is 26.0 Å². The average molecular weight is 459 g/mol. The number of fused-ring (bicyclic) bond motifs is 1. The molecule has 2 unspecified atom stereocenters. The van der Waals surface area contributed by atoms with Gasteiger partial charge >= 0.3 is 11.9 Å². The maximum atomic E-state index is 12.6. The predicted molar refractivity (Wildman–Crippen MR) is 122 cm³/mol.